The molecule has 0 aromatic rings. The lowest BCUT2D eigenvalue weighted by Crippen LogP contribution is -2.51. The summed E-state index contributed by atoms with van der Waals surface area (Å²) in [5, 5.41) is 6.24. The molecule has 0 aliphatic rings. The maximum Gasteiger partial charge on any atom is 0.389 e. The predicted molar refractivity (Wildman–Crippen MR) is 71.6 cm³/mol. The number of nitrogens with one attached hydrogen (secondary N) is 1. The predicted octanol–water partition coefficient (Wildman–Crippen LogP) is 3.33. The number of ether oxygens (including phenoxy) is 1. The number of carbonyl (C=O) groups is 1. The van der Waals surface area contributed by atoms with Gasteiger partial charge in [-0.2, -0.15) is 13.2 Å². The molecule has 122 valence electrons. The minimum atomic E-state index is -4.24. The summed E-state index contributed by atoms with van der Waals surface area (Å²) in [5.74, 6) is -0.573. The minimum Gasteiger partial charge on any atom is -0.465 e. The topological polar surface area (TPSA) is 87.1 Å². The molecular weight excluding hydrogens is 289 g/mol. The van der Waals surface area contributed by atoms with Gasteiger partial charge in [0, 0.05) is 17.9 Å². The molecule has 0 bridgehead atoms. The van der Waals surface area contributed by atoms with E-state index in [4.69, 9.17) is 10.3 Å². The summed E-state index contributed by atoms with van der Waals surface area (Å²) >= 11 is 0. The summed E-state index contributed by atoms with van der Waals surface area (Å²) in [6.45, 7) is 3.92. The van der Waals surface area contributed by atoms with E-state index in [9.17, 15) is 18.0 Å². The number of hydrogen-bond acceptors (Lipinski definition) is 4. The van der Waals surface area contributed by atoms with Crippen LogP contribution < -0.4 is 5.32 Å². The molecule has 0 aromatic heterocycles. The van der Waals surface area contributed by atoms with Crippen molar-refractivity contribution in [1.29, 1.82) is 0 Å². The standard InChI is InChI=1S/C12H21F3N4O2/c1-3-21-10(20)11(2,6-4-7-12(13,14)15)17-8-5-9-18-19-16/h17H,3-9H2,1-2H3. The highest BCUT2D eigenvalue weighted by Gasteiger charge is 2.35. The molecule has 6 nitrogen and oxygen atoms in total. The van der Waals surface area contributed by atoms with Crippen LogP contribution >= 0.6 is 0 Å². The molecular formula is C12H21F3N4O2. The summed E-state index contributed by atoms with van der Waals surface area (Å²) in [7, 11) is 0. The summed E-state index contributed by atoms with van der Waals surface area (Å²) in [6, 6.07) is 0. The molecule has 0 heterocycles. The van der Waals surface area contributed by atoms with E-state index in [0.717, 1.165) is 0 Å². The Labute approximate surface area is 121 Å². The second-order valence-corrected chi connectivity index (χ2v) is 4.76. The van der Waals surface area contributed by atoms with Crippen LogP contribution in [0.3, 0.4) is 0 Å². The molecule has 0 spiro atoms. The molecule has 21 heavy (non-hydrogen) atoms. The lowest BCUT2D eigenvalue weighted by molar-refractivity contribution is -0.153. The number of alkyl halides is 3. The maximum absolute atomic E-state index is 12.2. The lowest BCUT2D eigenvalue weighted by atomic mass is 9.94. The van der Waals surface area contributed by atoms with Gasteiger partial charge >= 0.3 is 12.1 Å². The van der Waals surface area contributed by atoms with Crippen molar-refractivity contribution in [3.63, 3.8) is 0 Å². The fourth-order valence-electron chi connectivity index (χ4n) is 1.75. The second kappa shape index (κ2) is 9.46. The smallest absolute Gasteiger partial charge is 0.389 e. The molecule has 1 atom stereocenters. The normalized spacial score (nSPS) is 14.1. The van der Waals surface area contributed by atoms with Gasteiger partial charge in [-0.1, -0.05) is 5.11 Å². The van der Waals surface area contributed by atoms with E-state index in [1.54, 1.807) is 6.92 Å². The third kappa shape index (κ3) is 9.14. The molecule has 1 unspecified atom stereocenters. The van der Waals surface area contributed by atoms with Crippen molar-refractivity contribution in [3.05, 3.63) is 10.4 Å². The third-order valence-corrected chi connectivity index (χ3v) is 2.88. The van der Waals surface area contributed by atoms with Crippen LogP contribution in [0.4, 0.5) is 13.2 Å². The third-order valence-electron chi connectivity index (χ3n) is 2.88. The molecule has 1 N–H and O–H groups in total. The van der Waals surface area contributed by atoms with Gasteiger partial charge in [0.2, 0.25) is 0 Å². The van der Waals surface area contributed by atoms with Gasteiger partial charge in [0.25, 0.3) is 0 Å². The van der Waals surface area contributed by atoms with Gasteiger partial charge in [0.15, 0.2) is 0 Å². The van der Waals surface area contributed by atoms with E-state index in [0.29, 0.717) is 13.0 Å². The van der Waals surface area contributed by atoms with Gasteiger partial charge in [0.05, 0.1) is 6.61 Å². The minimum absolute atomic E-state index is 0.0207. The van der Waals surface area contributed by atoms with Crippen LogP contribution in [0.1, 0.15) is 39.5 Å². The second-order valence-electron chi connectivity index (χ2n) is 4.76. The Hall–Kier alpha value is -1.47. The van der Waals surface area contributed by atoms with E-state index in [1.807, 2.05) is 0 Å². The zero-order valence-electron chi connectivity index (χ0n) is 12.2. The van der Waals surface area contributed by atoms with Gasteiger partial charge in [-0.25, -0.2) is 0 Å². The first-order chi connectivity index (χ1) is 9.75. The summed E-state index contributed by atoms with van der Waals surface area (Å²) in [6.07, 6.45) is -4.84. The Bertz CT molecular complexity index is 370. The van der Waals surface area contributed by atoms with Crippen LogP contribution in [0.15, 0.2) is 5.11 Å². The highest BCUT2D eigenvalue weighted by Crippen LogP contribution is 2.25. The molecule has 0 saturated heterocycles. The Morgan fingerprint density at radius 1 is 1.33 bits per heavy atom. The van der Waals surface area contributed by atoms with Crippen LogP contribution in [0.2, 0.25) is 0 Å². The number of azide groups is 1. The average molecular weight is 310 g/mol. The van der Waals surface area contributed by atoms with Gasteiger partial charge < -0.3 is 10.1 Å². The van der Waals surface area contributed by atoms with E-state index in [-0.39, 0.29) is 26.0 Å². The van der Waals surface area contributed by atoms with Crippen molar-refractivity contribution in [2.45, 2.75) is 51.2 Å². The molecule has 0 aliphatic carbocycles. The SMILES string of the molecule is CCOC(=O)C(C)(CCCC(F)(F)F)NCCCN=[N+]=[N-]. The number of halogens is 3. The van der Waals surface area contributed by atoms with Crippen LogP contribution in [-0.2, 0) is 9.53 Å². The van der Waals surface area contributed by atoms with Crippen LogP contribution in [0, 0.1) is 0 Å². The molecule has 0 rings (SSSR count). The highest BCUT2D eigenvalue weighted by molar-refractivity contribution is 5.80. The first-order valence-corrected chi connectivity index (χ1v) is 6.75. The largest absolute Gasteiger partial charge is 0.465 e. The van der Waals surface area contributed by atoms with E-state index in [2.05, 4.69) is 15.3 Å². The van der Waals surface area contributed by atoms with Crippen molar-refractivity contribution in [2.75, 3.05) is 19.7 Å². The Morgan fingerprint density at radius 2 is 2.00 bits per heavy atom. The van der Waals surface area contributed by atoms with Crippen LogP contribution in [0.5, 0.6) is 0 Å². The van der Waals surface area contributed by atoms with E-state index in [1.165, 1.54) is 6.92 Å². The lowest BCUT2D eigenvalue weighted by Gasteiger charge is -2.28. The Kier molecular flexibility index (Phi) is 8.80. The number of nitrogens with zero attached hydrogens (tertiary/aromatic N) is 3. The van der Waals surface area contributed by atoms with Gasteiger partial charge in [-0.15, -0.1) is 0 Å². The molecule has 9 heteroatoms. The number of esters is 1. The first kappa shape index (κ1) is 19.5. The zero-order valence-corrected chi connectivity index (χ0v) is 12.2. The first-order valence-electron chi connectivity index (χ1n) is 6.75. The molecule has 0 saturated carbocycles. The molecule has 0 fully saturated rings. The Balaban J connectivity index is 4.46. The quantitative estimate of drug-likeness (QED) is 0.221. The summed E-state index contributed by atoms with van der Waals surface area (Å²) < 4.78 is 41.5. The van der Waals surface area contributed by atoms with Crippen LogP contribution in [0.25, 0.3) is 10.4 Å². The molecule has 0 aromatic carbocycles. The molecule has 0 aliphatic heterocycles. The van der Waals surface area contributed by atoms with Crippen molar-refractivity contribution in [3.8, 4) is 0 Å². The fourth-order valence-corrected chi connectivity index (χ4v) is 1.75. The van der Waals surface area contributed by atoms with Crippen LogP contribution in [-0.4, -0.2) is 37.4 Å². The van der Waals surface area contributed by atoms with Gasteiger partial charge in [0.1, 0.15) is 5.54 Å². The van der Waals surface area contributed by atoms with Crippen molar-refractivity contribution < 1.29 is 22.7 Å². The maximum atomic E-state index is 12.2. The number of carbonyl (C=O) groups excluding carboxylic acids is 1. The number of hydrogen-bond donors (Lipinski definition) is 1. The van der Waals surface area contributed by atoms with Crippen molar-refractivity contribution in [1.82, 2.24) is 5.32 Å². The Morgan fingerprint density at radius 3 is 2.52 bits per heavy atom. The highest BCUT2D eigenvalue weighted by atomic mass is 19.4. The summed E-state index contributed by atoms with van der Waals surface area (Å²) in [4.78, 5) is 14.5. The fraction of sp³-hybridized carbons (Fsp3) is 0.917. The number of rotatable bonds is 10. The summed E-state index contributed by atoms with van der Waals surface area (Å²) in [5.41, 5.74) is 6.96. The molecule has 0 radical (unpaired) electrons. The average Bonchev–Trinajstić information content (AvgIpc) is 2.37. The van der Waals surface area contributed by atoms with Gasteiger partial charge in [-0.05, 0) is 45.2 Å². The van der Waals surface area contributed by atoms with E-state index >= 15 is 0 Å². The van der Waals surface area contributed by atoms with E-state index < -0.39 is 24.1 Å². The van der Waals surface area contributed by atoms with Crippen molar-refractivity contribution in [2.24, 2.45) is 5.11 Å². The zero-order chi connectivity index (χ0) is 16.4. The molecule has 0 amide bonds. The van der Waals surface area contributed by atoms with Crippen molar-refractivity contribution >= 4 is 5.97 Å². The monoisotopic (exact) mass is 310 g/mol. The van der Waals surface area contributed by atoms with Gasteiger partial charge in [-0.3, -0.25) is 4.79 Å².